The van der Waals surface area contributed by atoms with E-state index in [4.69, 9.17) is 4.98 Å². The average molecular weight is 553 g/mol. The van der Waals surface area contributed by atoms with Crippen molar-refractivity contribution in [3.8, 4) is 11.3 Å². The van der Waals surface area contributed by atoms with Gasteiger partial charge < -0.3 is 4.90 Å². The molecular formula is C25H21BrF4N2OS. The molecule has 1 saturated heterocycles. The fourth-order valence-electron chi connectivity index (χ4n) is 3.98. The van der Waals surface area contributed by atoms with Crippen LogP contribution in [0.4, 0.5) is 17.6 Å². The molecule has 0 atom stereocenters. The van der Waals surface area contributed by atoms with Crippen LogP contribution in [-0.2, 0) is 11.0 Å². The van der Waals surface area contributed by atoms with Crippen LogP contribution >= 0.6 is 27.3 Å². The van der Waals surface area contributed by atoms with Crippen molar-refractivity contribution >= 4 is 39.2 Å². The number of hydrogen-bond donors (Lipinski definition) is 0. The van der Waals surface area contributed by atoms with E-state index < -0.39 is 17.6 Å². The second-order valence-corrected chi connectivity index (χ2v) is 10.3. The number of halogens is 5. The summed E-state index contributed by atoms with van der Waals surface area (Å²) >= 11 is 5.11. The van der Waals surface area contributed by atoms with Crippen LogP contribution in [0.15, 0.2) is 53.0 Å². The van der Waals surface area contributed by atoms with Gasteiger partial charge in [-0.25, -0.2) is 9.37 Å². The monoisotopic (exact) mass is 552 g/mol. The minimum absolute atomic E-state index is 0.238. The Morgan fingerprint density at radius 1 is 1.15 bits per heavy atom. The van der Waals surface area contributed by atoms with E-state index in [2.05, 4.69) is 22.9 Å². The van der Waals surface area contributed by atoms with Gasteiger partial charge in [0, 0.05) is 45.6 Å². The number of piperidine rings is 1. The van der Waals surface area contributed by atoms with E-state index in [-0.39, 0.29) is 17.4 Å². The van der Waals surface area contributed by atoms with Crippen molar-refractivity contribution < 1.29 is 22.4 Å². The topological polar surface area (TPSA) is 33.2 Å². The average Bonchev–Trinajstić information content (AvgIpc) is 3.19. The third-order valence-electron chi connectivity index (χ3n) is 5.83. The lowest BCUT2D eigenvalue weighted by Crippen LogP contribution is -2.36. The first kappa shape index (κ1) is 24.6. The Hall–Kier alpha value is -2.52. The zero-order valence-corrected chi connectivity index (χ0v) is 20.6. The molecule has 1 aromatic heterocycles. The van der Waals surface area contributed by atoms with Crippen molar-refractivity contribution in [3.63, 3.8) is 0 Å². The second kappa shape index (κ2) is 10.00. The lowest BCUT2D eigenvalue weighted by molar-refractivity contribution is -0.140. The molecule has 2 aromatic carbocycles. The van der Waals surface area contributed by atoms with Gasteiger partial charge in [0.1, 0.15) is 5.82 Å². The van der Waals surface area contributed by atoms with Crippen LogP contribution in [0.5, 0.6) is 0 Å². The van der Waals surface area contributed by atoms with Crippen LogP contribution in [0.3, 0.4) is 0 Å². The molecule has 1 fully saturated rings. The van der Waals surface area contributed by atoms with E-state index in [1.807, 2.05) is 24.3 Å². The first-order chi connectivity index (χ1) is 16.1. The van der Waals surface area contributed by atoms with Gasteiger partial charge in [0.2, 0.25) is 5.91 Å². The maximum Gasteiger partial charge on any atom is 0.419 e. The number of hydrogen-bond acceptors (Lipinski definition) is 3. The molecule has 0 unspecified atom stereocenters. The van der Waals surface area contributed by atoms with Crippen LogP contribution in [0.2, 0.25) is 0 Å². The molecule has 0 aliphatic carbocycles. The number of carbonyl (C=O) groups excluding carboxylic acids is 1. The van der Waals surface area contributed by atoms with Crippen molar-refractivity contribution in [1.29, 1.82) is 0 Å². The highest BCUT2D eigenvalue weighted by Crippen LogP contribution is 2.36. The Bertz CT molecular complexity index is 1210. The molecule has 9 heteroatoms. The summed E-state index contributed by atoms with van der Waals surface area (Å²) in [7, 11) is 0. The molecule has 3 aromatic rings. The Morgan fingerprint density at radius 2 is 1.82 bits per heavy atom. The highest BCUT2D eigenvalue weighted by Gasteiger charge is 2.34. The van der Waals surface area contributed by atoms with Gasteiger partial charge in [-0.3, -0.25) is 4.79 Å². The Kier molecular flexibility index (Phi) is 7.23. The highest BCUT2D eigenvalue weighted by molar-refractivity contribution is 9.10. The molecule has 0 radical (unpaired) electrons. The number of likely N-dealkylation sites (tertiary alicyclic amines) is 1. The quantitative estimate of drug-likeness (QED) is 0.248. The number of alkyl halides is 3. The smallest absolute Gasteiger partial charge is 0.339 e. The summed E-state index contributed by atoms with van der Waals surface area (Å²) in [5.41, 5.74) is 0.417. The number of aryl methyl sites for hydroxylation is 1. The maximum absolute atomic E-state index is 14.2. The largest absolute Gasteiger partial charge is 0.419 e. The normalized spacial score (nSPS) is 15.3. The Labute approximate surface area is 207 Å². The van der Waals surface area contributed by atoms with E-state index in [9.17, 15) is 22.4 Å². The van der Waals surface area contributed by atoms with Crippen LogP contribution in [0, 0.1) is 12.7 Å². The minimum Gasteiger partial charge on any atom is -0.339 e. The molecule has 1 amide bonds. The summed E-state index contributed by atoms with van der Waals surface area (Å²) in [5, 5.41) is 1.05. The lowest BCUT2D eigenvalue weighted by Gasteiger charge is -2.30. The highest BCUT2D eigenvalue weighted by atomic mass is 79.9. The van der Waals surface area contributed by atoms with Gasteiger partial charge in [0.05, 0.1) is 16.3 Å². The van der Waals surface area contributed by atoms with Crippen molar-refractivity contribution in [3.05, 3.63) is 79.8 Å². The van der Waals surface area contributed by atoms with Crippen LogP contribution in [0.25, 0.3) is 17.3 Å². The van der Waals surface area contributed by atoms with Crippen LogP contribution in [-0.4, -0.2) is 28.9 Å². The summed E-state index contributed by atoms with van der Waals surface area (Å²) in [5.74, 6) is -1.48. The molecule has 0 spiro atoms. The maximum atomic E-state index is 14.2. The van der Waals surface area contributed by atoms with E-state index in [1.54, 1.807) is 16.2 Å². The molecule has 34 heavy (non-hydrogen) atoms. The third-order valence-corrected chi connectivity index (χ3v) is 7.49. The number of amides is 1. The molecule has 0 bridgehead atoms. The van der Waals surface area contributed by atoms with Crippen molar-refractivity contribution in [1.82, 2.24) is 9.88 Å². The predicted molar refractivity (Wildman–Crippen MR) is 129 cm³/mol. The van der Waals surface area contributed by atoms with Gasteiger partial charge in [-0.2, -0.15) is 13.2 Å². The van der Waals surface area contributed by atoms with E-state index >= 15 is 0 Å². The zero-order valence-electron chi connectivity index (χ0n) is 18.2. The second-order valence-electron chi connectivity index (χ2n) is 8.10. The predicted octanol–water partition coefficient (Wildman–Crippen LogP) is 7.46. The van der Waals surface area contributed by atoms with Gasteiger partial charge in [-0.05, 0) is 44.0 Å². The number of thiazole rings is 1. The number of nitrogens with zero attached hydrogens (tertiary/aromatic N) is 2. The first-order valence-electron chi connectivity index (χ1n) is 10.7. The SMILES string of the molecule is Cc1sc(C2CCN(C(=O)C=Cc3cccc(C(F)(F)F)c3F)CC2)nc1-c1ccc(Br)cc1. The van der Waals surface area contributed by atoms with E-state index in [1.165, 1.54) is 6.07 Å². The molecule has 3 nitrogen and oxygen atoms in total. The third kappa shape index (κ3) is 5.41. The molecule has 4 rings (SSSR count). The molecule has 0 saturated carbocycles. The van der Waals surface area contributed by atoms with Gasteiger partial charge >= 0.3 is 6.18 Å². The molecule has 1 aliphatic heterocycles. The zero-order chi connectivity index (χ0) is 24.5. The first-order valence-corrected chi connectivity index (χ1v) is 12.3. The van der Waals surface area contributed by atoms with Gasteiger partial charge in [-0.1, -0.05) is 40.2 Å². The number of aromatic nitrogens is 1. The Balaban J connectivity index is 1.39. The van der Waals surface area contributed by atoms with E-state index in [0.29, 0.717) is 19.2 Å². The fourth-order valence-corrected chi connectivity index (χ4v) is 5.36. The summed E-state index contributed by atoms with van der Waals surface area (Å²) in [4.78, 5) is 20.2. The fraction of sp³-hybridized carbons (Fsp3) is 0.280. The minimum atomic E-state index is -4.79. The molecule has 1 aliphatic rings. The van der Waals surface area contributed by atoms with Gasteiger partial charge in [0.15, 0.2) is 0 Å². The number of carbonyl (C=O) groups is 1. The van der Waals surface area contributed by atoms with Crippen LogP contribution < -0.4 is 0 Å². The van der Waals surface area contributed by atoms with Crippen molar-refractivity contribution in [2.75, 3.05) is 13.1 Å². The summed E-state index contributed by atoms with van der Waals surface area (Å²) in [6.07, 6.45) is -1.06. The number of benzene rings is 2. The number of rotatable bonds is 4. The molecule has 0 N–H and O–H groups in total. The molecule has 2 heterocycles. The molecule has 178 valence electrons. The summed E-state index contributed by atoms with van der Waals surface area (Å²) in [6, 6.07) is 11.0. The van der Waals surface area contributed by atoms with Crippen molar-refractivity contribution in [2.45, 2.75) is 31.9 Å². The van der Waals surface area contributed by atoms with Gasteiger partial charge in [-0.15, -0.1) is 11.3 Å². The summed E-state index contributed by atoms with van der Waals surface area (Å²) in [6.45, 7) is 3.06. The van der Waals surface area contributed by atoms with Crippen LogP contribution in [0.1, 0.15) is 39.8 Å². The summed E-state index contributed by atoms with van der Waals surface area (Å²) < 4.78 is 53.8. The van der Waals surface area contributed by atoms with E-state index in [0.717, 1.165) is 56.7 Å². The van der Waals surface area contributed by atoms with Gasteiger partial charge in [0.25, 0.3) is 0 Å². The Morgan fingerprint density at radius 3 is 2.47 bits per heavy atom. The molecular weight excluding hydrogens is 532 g/mol. The standard InChI is InChI=1S/C25H21BrF4N2OS/c1-15-23(17-5-8-19(26)9-6-17)31-24(34-15)18-11-13-32(14-12-18)21(33)10-7-16-3-2-4-20(22(16)27)25(28,29)30/h2-10,18H,11-14H2,1H3. The lowest BCUT2D eigenvalue weighted by atomic mass is 9.97. The van der Waals surface area contributed by atoms with Crippen molar-refractivity contribution in [2.24, 2.45) is 0 Å².